The van der Waals surface area contributed by atoms with Crippen molar-refractivity contribution in [3.05, 3.63) is 108 Å². The summed E-state index contributed by atoms with van der Waals surface area (Å²) in [6.45, 7) is -3.12. The Morgan fingerprint density at radius 3 is 2.16 bits per heavy atom. The minimum atomic E-state index is -3.12. The number of fused-ring (bicyclic) bond motifs is 1. The van der Waals surface area contributed by atoms with Crippen LogP contribution in [0.5, 0.6) is 5.75 Å². The molecule has 0 spiro atoms. The van der Waals surface area contributed by atoms with Crippen LogP contribution >= 0.6 is 0 Å². The van der Waals surface area contributed by atoms with E-state index in [1.54, 1.807) is 24.4 Å². The van der Waals surface area contributed by atoms with Crippen LogP contribution in [0.3, 0.4) is 0 Å². The molecule has 0 aliphatic carbocycles. The van der Waals surface area contributed by atoms with E-state index in [9.17, 15) is 22.4 Å². The topological polar surface area (TPSA) is 68.5 Å². The number of ketones is 1. The monoisotopic (exact) mass is 520 g/mol. The lowest BCUT2D eigenvalue weighted by Gasteiger charge is -2.10. The average Bonchev–Trinajstić information content (AvgIpc) is 3.29. The van der Waals surface area contributed by atoms with Crippen molar-refractivity contribution >= 4 is 23.1 Å². The fourth-order valence-corrected chi connectivity index (χ4v) is 3.96. The van der Waals surface area contributed by atoms with Gasteiger partial charge in [-0.25, -0.2) is 13.3 Å². The maximum absolute atomic E-state index is 13.5. The van der Waals surface area contributed by atoms with E-state index in [0.717, 1.165) is 34.4 Å². The number of nitrogens with one attached hydrogen (secondary N) is 1. The third-order valence-corrected chi connectivity index (χ3v) is 5.74. The standard InChI is InChI=1S/C28H20F4N4O2/c29-21-8-3-18(4-9-21)14-23(37)13-17-1-5-19(6-2-17)20-7-12-26-34-28(35-36(26)16-20)33-24-11-10-22(30)15-25(24)38-27(31)32/h1-12,15-16,27H,13-14H2,(H,33,35). The number of hydrogen-bond acceptors (Lipinski definition) is 5. The lowest BCUT2D eigenvalue weighted by molar-refractivity contribution is -0.117. The van der Waals surface area contributed by atoms with Gasteiger partial charge in [-0.15, -0.1) is 5.10 Å². The number of benzene rings is 3. The highest BCUT2D eigenvalue weighted by Gasteiger charge is 2.14. The van der Waals surface area contributed by atoms with Crippen LogP contribution in [-0.2, 0) is 17.6 Å². The first-order valence-electron chi connectivity index (χ1n) is 11.6. The van der Waals surface area contributed by atoms with E-state index in [1.165, 1.54) is 22.7 Å². The van der Waals surface area contributed by atoms with Gasteiger partial charge in [-0.1, -0.05) is 36.4 Å². The van der Waals surface area contributed by atoms with Crippen LogP contribution in [0, 0.1) is 11.6 Å². The molecule has 0 atom stereocenters. The third kappa shape index (κ3) is 5.97. The molecule has 0 radical (unpaired) electrons. The zero-order valence-corrected chi connectivity index (χ0v) is 19.7. The predicted molar refractivity (Wildman–Crippen MR) is 134 cm³/mol. The summed E-state index contributed by atoms with van der Waals surface area (Å²) in [5.74, 6) is -1.28. The number of rotatable bonds is 9. The molecule has 10 heteroatoms. The molecule has 0 saturated carbocycles. The van der Waals surface area contributed by atoms with Crippen LogP contribution in [0.1, 0.15) is 11.1 Å². The van der Waals surface area contributed by atoms with Crippen molar-refractivity contribution in [3.8, 4) is 16.9 Å². The van der Waals surface area contributed by atoms with Gasteiger partial charge in [0.05, 0.1) is 5.69 Å². The fourth-order valence-electron chi connectivity index (χ4n) is 3.96. The summed E-state index contributed by atoms with van der Waals surface area (Å²) in [5.41, 5.74) is 3.93. The number of nitrogens with zero attached hydrogens (tertiary/aromatic N) is 3. The Morgan fingerprint density at radius 2 is 1.47 bits per heavy atom. The summed E-state index contributed by atoms with van der Waals surface area (Å²) < 4.78 is 57.8. The summed E-state index contributed by atoms with van der Waals surface area (Å²) in [6.07, 6.45) is 2.24. The number of anilines is 2. The summed E-state index contributed by atoms with van der Waals surface area (Å²) in [4.78, 5) is 16.7. The molecule has 0 amide bonds. The number of ether oxygens (including phenoxy) is 1. The van der Waals surface area contributed by atoms with Gasteiger partial charge in [0, 0.05) is 30.7 Å². The summed E-state index contributed by atoms with van der Waals surface area (Å²) in [6, 6.07) is 20.2. The molecule has 0 fully saturated rings. The molecule has 6 nitrogen and oxygen atoms in total. The van der Waals surface area contributed by atoms with E-state index < -0.39 is 12.4 Å². The molecule has 0 saturated heterocycles. The number of halogens is 4. The molecule has 0 unspecified atom stereocenters. The van der Waals surface area contributed by atoms with Gasteiger partial charge in [-0.05, 0) is 53.1 Å². The molecular weight excluding hydrogens is 500 g/mol. The van der Waals surface area contributed by atoms with Crippen molar-refractivity contribution in [2.45, 2.75) is 19.5 Å². The predicted octanol–water partition coefficient (Wildman–Crippen LogP) is 6.37. The fraction of sp³-hybridized carbons (Fsp3) is 0.107. The average molecular weight is 520 g/mol. The first-order valence-corrected chi connectivity index (χ1v) is 11.6. The molecule has 192 valence electrons. The van der Waals surface area contributed by atoms with Gasteiger partial charge in [-0.3, -0.25) is 4.79 Å². The van der Waals surface area contributed by atoms with Crippen molar-refractivity contribution in [1.29, 1.82) is 0 Å². The number of hydrogen-bond donors (Lipinski definition) is 1. The first-order chi connectivity index (χ1) is 18.3. The van der Waals surface area contributed by atoms with E-state index in [-0.39, 0.29) is 41.8 Å². The Labute approximate surface area is 214 Å². The van der Waals surface area contributed by atoms with Gasteiger partial charge in [0.15, 0.2) is 11.4 Å². The van der Waals surface area contributed by atoms with Gasteiger partial charge < -0.3 is 10.1 Å². The van der Waals surface area contributed by atoms with Crippen LogP contribution < -0.4 is 10.1 Å². The van der Waals surface area contributed by atoms with Gasteiger partial charge >= 0.3 is 6.61 Å². The second-order valence-electron chi connectivity index (χ2n) is 8.52. The highest BCUT2D eigenvalue weighted by atomic mass is 19.3. The van der Waals surface area contributed by atoms with Gasteiger partial charge in [0.25, 0.3) is 0 Å². The van der Waals surface area contributed by atoms with Crippen LogP contribution in [0.4, 0.5) is 29.2 Å². The maximum atomic E-state index is 13.5. The van der Waals surface area contributed by atoms with Crippen molar-refractivity contribution in [2.24, 2.45) is 0 Å². The highest BCUT2D eigenvalue weighted by molar-refractivity contribution is 5.83. The van der Waals surface area contributed by atoms with E-state index in [0.29, 0.717) is 5.65 Å². The maximum Gasteiger partial charge on any atom is 0.387 e. The molecule has 38 heavy (non-hydrogen) atoms. The third-order valence-electron chi connectivity index (χ3n) is 5.74. The Bertz CT molecular complexity index is 1590. The summed E-state index contributed by atoms with van der Waals surface area (Å²) in [5, 5.41) is 7.11. The lowest BCUT2D eigenvalue weighted by atomic mass is 10.0. The highest BCUT2D eigenvalue weighted by Crippen LogP contribution is 2.29. The van der Waals surface area contributed by atoms with Crippen LogP contribution in [0.25, 0.3) is 16.8 Å². The summed E-state index contributed by atoms with van der Waals surface area (Å²) >= 11 is 0. The number of Topliss-reactive ketones (excluding diaryl/α,β-unsaturated/α-hetero) is 1. The zero-order valence-electron chi connectivity index (χ0n) is 19.7. The molecule has 5 rings (SSSR count). The largest absolute Gasteiger partial charge is 0.432 e. The summed E-state index contributed by atoms with van der Waals surface area (Å²) in [7, 11) is 0. The lowest BCUT2D eigenvalue weighted by Crippen LogP contribution is -2.06. The van der Waals surface area contributed by atoms with E-state index in [4.69, 9.17) is 0 Å². The van der Waals surface area contributed by atoms with E-state index in [2.05, 4.69) is 20.1 Å². The molecule has 2 aromatic heterocycles. The van der Waals surface area contributed by atoms with Crippen LogP contribution in [0.15, 0.2) is 85.1 Å². The van der Waals surface area contributed by atoms with E-state index in [1.807, 2.05) is 30.3 Å². The molecule has 0 bridgehead atoms. The minimum absolute atomic E-state index is 0.0247. The zero-order chi connectivity index (χ0) is 26.6. The van der Waals surface area contributed by atoms with Gasteiger partial charge in [0.1, 0.15) is 17.4 Å². The Balaban J connectivity index is 1.28. The quantitative estimate of drug-likeness (QED) is 0.229. The van der Waals surface area contributed by atoms with Crippen molar-refractivity contribution in [2.75, 3.05) is 5.32 Å². The second-order valence-corrected chi connectivity index (χ2v) is 8.52. The van der Waals surface area contributed by atoms with Crippen LogP contribution in [-0.4, -0.2) is 27.0 Å². The van der Waals surface area contributed by atoms with Gasteiger partial charge in [-0.2, -0.15) is 13.8 Å². The number of alkyl halides is 2. The Morgan fingerprint density at radius 1 is 0.842 bits per heavy atom. The van der Waals surface area contributed by atoms with Crippen LogP contribution in [0.2, 0.25) is 0 Å². The smallest absolute Gasteiger partial charge is 0.387 e. The number of aromatic nitrogens is 3. The normalized spacial score (nSPS) is 11.2. The SMILES string of the molecule is O=C(Cc1ccc(F)cc1)Cc1ccc(-c2ccc3nc(Nc4ccc(F)cc4OC(F)F)nn3c2)cc1. The number of carbonyl (C=O) groups is 1. The van der Waals surface area contributed by atoms with E-state index >= 15 is 0 Å². The minimum Gasteiger partial charge on any atom is -0.432 e. The molecule has 5 aromatic rings. The second kappa shape index (κ2) is 10.7. The molecule has 1 N–H and O–H groups in total. The first kappa shape index (κ1) is 24.9. The molecular formula is C28H20F4N4O2. The number of pyridine rings is 1. The van der Waals surface area contributed by atoms with Gasteiger partial charge in [0.2, 0.25) is 5.95 Å². The van der Waals surface area contributed by atoms with Crippen molar-refractivity contribution in [1.82, 2.24) is 14.6 Å². The molecule has 2 heterocycles. The molecule has 0 aliphatic heterocycles. The van der Waals surface area contributed by atoms with Crippen molar-refractivity contribution < 1.29 is 27.1 Å². The number of carbonyl (C=O) groups excluding carboxylic acids is 1. The Kier molecular flexibility index (Phi) is 7.03. The Hall–Kier alpha value is -4.73. The molecule has 3 aromatic carbocycles. The molecule has 0 aliphatic rings. The van der Waals surface area contributed by atoms with Crippen molar-refractivity contribution in [3.63, 3.8) is 0 Å².